The molecule has 7 heteroatoms. The van der Waals surface area contributed by atoms with E-state index in [0.29, 0.717) is 11.1 Å². The molecule has 0 atom stereocenters. The van der Waals surface area contributed by atoms with E-state index in [0.717, 1.165) is 35.2 Å². The highest BCUT2D eigenvalue weighted by molar-refractivity contribution is 7.99. The summed E-state index contributed by atoms with van der Waals surface area (Å²) in [6.07, 6.45) is 5.07. The number of pyridine rings is 1. The molecule has 26 heavy (non-hydrogen) atoms. The summed E-state index contributed by atoms with van der Waals surface area (Å²) in [4.78, 5) is 16.3. The highest BCUT2D eigenvalue weighted by Gasteiger charge is 2.13. The molecule has 0 bridgehead atoms. The summed E-state index contributed by atoms with van der Waals surface area (Å²) >= 11 is 1.22. The van der Waals surface area contributed by atoms with Crippen molar-refractivity contribution in [2.75, 3.05) is 11.1 Å². The van der Waals surface area contributed by atoms with Crippen LogP contribution >= 0.6 is 11.8 Å². The van der Waals surface area contributed by atoms with Crippen molar-refractivity contribution < 1.29 is 9.21 Å². The average molecular weight is 368 g/mol. The van der Waals surface area contributed by atoms with Crippen LogP contribution in [0.2, 0.25) is 0 Å². The average Bonchev–Trinajstić information content (AvgIpc) is 3.16. The number of hydrogen-bond donors (Lipinski definition) is 1. The van der Waals surface area contributed by atoms with Gasteiger partial charge in [-0.05, 0) is 36.1 Å². The van der Waals surface area contributed by atoms with Gasteiger partial charge in [-0.15, -0.1) is 10.2 Å². The number of aromatic nitrogens is 3. The third kappa shape index (κ3) is 4.29. The van der Waals surface area contributed by atoms with Gasteiger partial charge in [-0.2, -0.15) is 0 Å². The Morgan fingerprint density at radius 1 is 1.08 bits per heavy atom. The second-order valence-corrected chi connectivity index (χ2v) is 6.53. The lowest BCUT2D eigenvalue weighted by Crippen LogP contribution is -2.16. The van der Waals surface area contributed by atoms with Gasteiger partial charge in [0, 0.05) is 23.6 Å². The number of carbonyl (C=O) groups excluding carboxylic acids is 1. The molecule has 3 rings (SSSR count). The number of carbonyl (C=O) groups is 1. The summed E-state index contributed by atoms with van der Waals surface area (Å²) in [6, 6.07) is 9.70. The zero-order valence-corrected chi connectivity index (χ0v) is 15.5. The van der Waals surface area contributed by atoms with Crippen LogP contribution in [-0.4, -0.2) is 26.8 Å². The smallest absolute Gasteiger partial charge is 0.277 e. The van der Waals surface area contributed by atoms with Gasteiger partial charge in [0.15, 0.2) is 0 Å². The van der Waals surface area contributed by atoms with E-state index < -0.39 is 0 Å². The van der Waals surface area contributed by atoms with E-state index in [4.69, 9.17) is 4.42 Å². The second kappa shape index (κ2) is 8.62. The van der Waals surface area contributed by atoms with Gasteiger partial charge in [0.2, 0.25) is 11.8 Å². The first-order valence-electron chi connectivity index (χ1n) is 8.48. The Morgan fingerprint density at radius 2 is 1.77 bits per heavy atom. The zero-order chi connectivity index (χ0) is 18.4. The molecule has 0 aliphatic heterocycles. The molecule has 1 aromatic carbocycles. The Labute approximate surface area is 156 Å². The number of nitrogens with zero attached hydrogens (tertiary/aromatic N) is 3. The van der Waals surface area contributed by atoms with Crippen molar-refractivity contribution in [3.63, 3.8) is 0 Å². The van der Waals surface area contributed by atoms with E-state index in [1.165, 1.54) is 11.8 Å². The van der Waals surface area contributed by atoms with E-state index in [1.807, 2.05) is 18.2 Å². The number of amides is 1. The summed E-state index contributed by atoms with van der Waals surface area (Å²) < 4.78 is 5.59. The lowest BCUT2D eigenvalue weighted by atomic mass is 10.0. The maximum Gasteiger partial charge on any atom is 0.277 e. The van der Waals surface area contributed by atoms with Crippen LogP contribution in [0.1, 0.15) is 25.0 Å². The Morgan fingerprint density at radius 3 is 2.42 bits per heavy atom. The van der Waals surface area contributed by atoms with Crippen LogP contribution in [0, 0.1) is 0 Å². The number of para-hydroxylation sites is 1. The minimum absolute atomic E-state index is 0.0886. The molecule has 0 unspecified atom stereocenters. The van der Waals surface area contributed by atoms with Crippen LogP contribution < -0.4 is 5.32 Å². The second-order valence-electron chi connectivity index (χ2n) is 5.60. The van der Waals surface area contributed by atoms with Crippen molar-refractivity contribution in [1.29, 1.82) is 0 Å². The Kier molecular flexibility index (Phi) is 6.01. The molecule has 3 aromatic rings. The van der Waals surface area contributed by atoms with Crippen molar-refractivity contribution >= 4 is 23.4 Å². The first-order valence-corrected chi connectivity index (χ1v) is 9.47. The molecule has 2 aromatic heterocycles. The lowest BCUT2D eigenvalue weighted by Gasteiger charge is -2.13. The van der Waals surface area contributed by atoms with Gasteiger partial charge in [0.25, 0.3) is 5.22 Å². The number of rotatable bonds is 7. The molecule has 1 amide bonds. The third-order valence-corrected chi connectivity index (χ3v) is 4.74. The normalized spacial score (nSPS) is 10.7. The van der Waals surface area contributed by atoms with E-state index in [-0.39, 0.29) is 11.7 Å². The summed E-state index contributed by atoms with van der Waals surface area (Å²) in [5.74, 6) is 0.535. The summed E-state index contributed by atoms with van der Waals surface area (Å²) in [5.41, 5.74) is 4.00. The number of nitrogens with one attached hydrogen (secondary N) is 1. The molecule has 0 saturated carbocycles. The monoisotopic (exact) mass is 368 g/mol. The fraction of sp³-hybridized carbons (Fsp3) is 0.263. The fourth-order valence-electron chi connectivity index (χ4n) is 2.59. The fourth-order valence-corrected chi connectivity index (χ4v) is 3.15. The minimum Gasteiger partial charge on any atom is -0.411 e. The minimum atomic E-state index is -0.0886. The third-order valence-electron chi connectivity index (χ3n) is 3.92. The Hall–Kier alpha value is -2.67. The van der Waals surface area contributed by atoms with Crippen molar-refractivity contribution in [1.82, 2.24) is 15.2 Å². The van der Waals surface area contributed by atoms with E-state index in [1.54, 1.807) is 24.5 Å². The molecular formula is C19H20N4O2S. The van der Waals surface area contributed by atoms with E-state index >= 15 is 0 Å². The molecule has 0 spiro atoms. The van der Waals surface area contributed by atoms with Crippen LogP contribution in [0.4, 0.5) is 5.69 Å². The van der Waals surface area contributed by atoms with Gasteiger partial charge in [0.1, 0.15) is 0 Å². The maximum atomic E-state index is 12.4. The van der Waals surface area contributed by atoms with E-state index in [9.17, 15) is 4.79 Å². The van der Waals surface area contributed by atoms with Gasteiger partial charge >= 0.3 is 0 Å². The molecule has 0 aliphatic carbocycles. The highest BCUT2D eigenvalue weighted by atomic mass is 32.2. The predicted octanol–water partition coefficient (Wildman–Crippen LogP) is 3.99. The number of anilines is 1. The van der Waals surface area contributed by atoms with Crippen molar-refractivity contribution in [2.45, 2.75) is 31.9 Å². The van der Waals surface area contributed by atoms with E-state index in [2.05, 4.69) is 34.3 Å². The number of aryl methyl sites for hydroxylation is 2. The topological polar surface area (TPSA) is 80.9 Å². The SMILES string of the molecule is CCc1cccc(CC)c1NC(=O)CSc1nnc(-c2ccncc2)o1. The zero-order valence-electron chi connectivity index (χ0n) is 14.7. The molecular weight excluding hydrogens is 348 g/mol. The summed E-state index contributed by atoms with van der Waals surface area (Å²) in [5, 5.41) is 11.4. The Bertz CT molecular complexity index is 858. The summed E-state index contributed by atoms with van der Waals surface area (Å²) in [7, 11) is 0. The van der Waals surface area contributed by atoms with Gasteiger partial charge in [-0.1, -0.05) is 43.8 Å². The number of benzene rings is 1. The largest absolute Gasteiger partial charge is 0.411 e. The van der Waals surface area contributed by atoms with Crippen molar-refractivity contribution in [2.24, 2.45) is 0 Å². The lowest BCUT2D eigenvalue weighted by molar-refractivity contribution is -0.113. The van der Waals surface area contributed by atoms with Crippen molar-refractivity contribution in [3.8, 4) is 11.5 Å². The quantitative estimate of drug-likeness (QED) is 0.635. The molecule has 0 saturated heterocycles. The Balaban J connectivity index is 1.63. The van der Waals surface area contributed by atoms with Gasteiger partial charge < -0.3 is 9.73 Å². The van der Waals surface area contributed by atoms with Gasteiger partial charge in [-0.3, -0.25) is 9.78 Å². The first kappa shape index (κ1) is 18.1. The molecule has 0 aliphatic rings. The molecule has 1 N–H and O–H groups in total. The molecule has 134 valence electrons. The predicted molar refractivity (Wildman–Crippen MR) is 102 cm³/mol. The van der Waals surface area contributed by atoms with Crippen LogP contribution in [0.5, 0.6) is 0 Å². The van der Waals surface area contributed by atoms with Crippen LogP contribution in [-0.2, 0) is 17.6 Å². The number of thioether (sulfide) groups is 1. The number of hydrogen-bond acceptors (Lipinski definition) is 6. The summed E-state index contributed by atoms with van der Waals surface area (Å²) in [6.45, 7) is 4.16. The standard InChI is InChI=1S/C19H20N4O2S/c1-3-13-6-5-7-14(4-2)17(13)21-16(24)12-26-19-23-22-18(25-19)15-8-10-20-11-9-15/h5-11H,3-4,12H2,1-2H3,(H,21,24). The first-order chi connectivity index (χ1) is 12.7. The molecule has 2 heterocycles. The van der Waals surface area contributed by atoms with Crippen LogP contribution in [0.3, 0.4) is 0 Å². The van der Waals surface area contributed by atoms with Gasteiger partial charge in [0.05, 0.1) is 5.75 Å². The van der Waals surface area contributed by atoms with Gasteiger partial charge in [-0.25, -0.2) is 0 Å². The molecule has 0 radical (unpaired) electrons. The maximum absolute atomic E-state index is 12.4. The molecule has 6 nitrogen and oxygen atoms in total. The van der Waals surface area contributed by atoms with Crippen LogP contribution in [0.25, 0.3) is 11.5 Å². The van der Waals surface area contributed by atoms with Crippen molar-refractivity contribution in [3.05, 3.63) is 53.9 Å². The highest BCUT2D eigenvalue weighted by Crippen LogP contribution is 2.25. The molecule has 0 fully saturated rings. The van der Waals surface area contributed by atoms with Crippen LogP contribution in [0.15, 0.2) is 52.4 Å².